The van der Waals surface area contributed by atoms with Crippen LogP contribution in [0.1, 0.15) is 44.6 Å². The Balaban J connectivity index is 1.65. The molecule has 1 aliphatic heterocycles. The van der Waals surface area contributed by atoms with Crippen LogP contribution in [0.2, 0.25) is 0 Å². The van der Waals surface area contributed by atoms with Gasteiger partial charge in [-0.2, -0.15) is 0 Å². The molecule has 0 radical (unpaired) electrons. The summed E-state index contributed by atoms with van der Waals surface area (Å²) in [6.07, 6.45) is 3.34. The highest BCUT2D eigenvalue weighted by Crippen LogP contribution is 2.49. The van der Waals surface area contributed by atoms with Crippen LogP contribution in [0.25, 0.3) is 0 Å². The van der Waals surface area contributed by atoms with Crippen LogP contribution < -0.4 is 4.74 Å². The molecule has 1 aromatic rings. The van der Waals surface area contributed by atoms with Crippen molar-refractivity contribution in [1.82, 2.24) is 4.90 Å². The van der Waals surface area contributed by atoms with Gasteiger partial charge in [0, 0.05) is 18.5 Å². The summed E-state index contributed by atoms with van der Waals surface area (Å²) >= 11 is 0. The van der Waals surface area contributed by atoms with Crippen LogP contribution >= 0.6 is 0 Å². The first-order valence-corrected chi connectivity index (χ1v) is 8.06. The lowest BCUT2D eigenvalue weighted by Gasteiger charge is -2.28. The minimum absolute atomic E-state index is 0.206. The Morgan fingerprint density at radius 2 is 2.00 bits per heavy atom. The van der Waals surface area contributed by atoms with Gasteiger partial charge < -0.3 is 9.64 Å². The van der Waals surface area contributed by atoms with Gasteiger partial charge in [-0.15, -0.1) is 0 Å². The normalized spacial score (nSPS) is 28.0. The van der Waals surface area contributed by atoms with Gasteiger partial charge >= 0.3 is 0 Å². The molecule has 0 N–H and O–H groups in total. The number of methoxy groups -OCH3 is 1. The van der Waals surface area contributed by atoms with Crippen molar-refractivity contribution in [2.24, 2.45) is 11.8 Å². The van der Waals surface area contributed by atoms with E-state index in [9.17, 15) is 4.79 Å². The van der Waals surface area contributed by atoms with E-state index in [1.54, 1.807) is 7.11 Å². The minimum Gasteiger partial charge on any atom is -0.497 e. The molecule has 21 heavy (non-hydrogen) atoms. The summed E-state index contributed by atoms with van der Waals surface area (Å²) in [6.45, 7) is 5.40. The number of nitrogens with zero attached hydrogens (tertiary/aromatic N) is 1. The third-order valence-electron chi connectivity index (χ3n) is 5.00. The fourth-order valence-electron chi connectivity index (χ4n) is 3.66. The van der Waals surface area contributed by atoms with E-state index in [4.69, 9.17) is 4.74 Å². The Labute approximate surface area is 127 Å². The van der Waals surface area contributed by atoms with Crippen molar-refractivity contribution in [2.45, 2.75) is 45.1 Å². The SMILES string of the molecule is COc1ccc([C@@H]2C[C@H]2C(=O)N2CCC[C@H]2C(C)C)cc1. The second kappa shape index (κ2) is 5.70. The molecule has 0 aromatic heterocycles. The second-order valence-electron chi connectivity index (χ2n) is 6.71. The summed E-state index contributed by atoms with van der Waals surface area (Å²) in [6, 6.07) is 8.63. The van der Waals surface area contributed by atoms with Gasteiger partial charge in [0.2, 0.25) is 5.91 Å². The Morgan fingerprint density at radius 1 is 1.29 bits per heavy atom. The summed E-state index contributed by atoms with van der Waals surface area (Å²) < 4.78 is 5.19. The molecule has 2 fully saturated rings. The molecule has 3 heteroatoms. The van der Waals surface area contributed by atoms with Gasteiger partial charge in [-0.25, -0.2) is 0 Å². The topological polar surface area (TPSA) is 29.5 Å². The molecule has 1 saturated carbocycles. The van der Waals surface area contributed by atoms with Gasteiger partial charge in [-0.1, -0.05) is 26.0 Å². The first-order chi connectivity index (χ1) is 10.1. The fraction of sp³-hybridized carbons (Fsp3) is 0.611. The van der Waals surface area contributed by atoms with Gasteiger partial charge in [0.25, 0.3) is 0 Å². The number of carbonyl (C=O) groups excluding carboxylic acids is 1. The van der Waals surface area contributed by atoms with E-state index in [1.807, 2.05) is 12.1 Å². The summed E-state index contributed by atoms with van der Waals surface area (Å²) in [5.74, 6) is 2.44. The molecule has 1 saturated heterocycles. The first kappa shape index (κ1) is 14.4. The van der Waals surface area contributed by atoms with E-state index < -0.39 is 0 Å². The van der Waals surface area contributed by atoms with Crippen molar-refractivity contribution in [2.75, 3.05) is 13.7 Å². The van der Waals surface area contributed by atoms with Crippen LogP contribution in [-0.4, -0.2) is 30.5 Å². The maximum absolute atomic E-state index is 12.7. The van der Waals surface area contributed by atoms with Crippen LogP contribution in [0, 0.1) is 11.8 Å². The number of hydrogen-bond donors (Lipinski definition) is 0. The first-order valence-electron chi connectivity index (χ1n) is 8.06. The quantitative estimate of drug-likeness (QED) is 0.849. The van der Waals surface area contributed by atoms with Crippen LogP contribution in [0.15, 0.2) is 24.3 Å². The molecule has 0 unspecified atom stereocenters. The van der Waals surface area contributed by atoms with Gasteiger partial charge in [-0.3, -0.25) is 4.79 Å². The number of amides is 1. The average molecular weight is 287 g/mol. The third-order valence-corrected chi connectivity index (χ3v) is 5.00. The minimum atomic E-state index is 0.206. The van der Waals surface area contributed by atoms with Crippen molar-refractivity contribution in [3.63, 3.8) is 0 Å². The van der Waals surface area contributed by atoms with Crippen LogP contribution in [0.3, 0.4) is 0 Å². The molecule has 3 nitrogen and oxygen atoms in total. The van der Waals surface area contributed by atoms with Crippen molar-refractivity contribution < 1.29 is 9.53 Å². The number of carbonyl (C=O) groups is 1. The lowest BCUT2D eigenvalue weighted by molar-refractivity contribution is -0.134. The third kappa shape index (κ3) is 2.78. The molecule has 3 atom stereocenters. The molecule has 114 valence electrons. The zero-order valence-corrected chi connectivity index (χ0v) is 13.2. The standard InChI is InChI=1S/C18H25NO2/c1-12(2)17-5-4-10-19(17)18(20)16-11-15(16)13-6-8-14(21-3)9-7-13/h6-9,12,15-17H,4-5,10-11H2,1-3H3/t15-,16+,17-/m0/s1. The molecule has 2 aliphatic rings. The van der Waals surface area contributed by atoms with Crippen molar-refractivity contribution in [1.29, 1.82) is 0 Å². The summed E-state index contributed by atoms with van der Waals surface area (Å²) in [4.78, 5) is 14.9. The molecule has 1 aliphatic carbocycles. The molecule has 1 aromatic carbocycles. The van der Waals surface area contributed by atoms with Crippen LogP contribution in [-0.2, 0) is 4.79 Å². The maximum Gasteiger partial charge on any atom is 0.226 e. The fourth-order valence-corrected chi connectivity index (χ4v) is 3.66. The number of likely N-dealkylation sites (tertiary alicyclic amines) is 1. The molecular weight excluding hydrogens is 262 g/mol. The van der Waals surface area contributed by atoms with E-state index in [0.717, 1.165) is 25.1 Å². The zero-order valence-electron chi connectivity index (χ0n) is 13.2. The number of benzene rings is 1. The van der Waals surface area contributed by atoms with E-state index in [2.05, 4.69) is 30.9 Å². The van der Waals surface area contributed by atoms with Crippen LogP contribution in [0.4, 0.5) is 0 Å². The monoisotopic (exact) mass is 287 g/mol. The highest BCUT2D eigenvalue weighted by molar-refractivity contribution is 5.83. The number of rotatable bonds is 4. The Hall–Kier alpha value is -1.51. The molecule has 3 rings (SSSR count). The smallest absolute Gasteiger partial charge is 0.226 e. The predicted octanol–water partition coefficient (Wildman–Crippen LogP) is 3.45. The summed E-state index contributed by atoms with van der Waals surface area (Å²) in [5.41, 5.74) is 1.27. The summed E-state index contributed by atoms with van der Waals surface area (Å²) in [7, 11) is 1.68. The Kier molecular flexibility index (Phi) is 3.92. The summed E-state index contributed by atoms with van der Waals surface area (Å²) in [5, 5.41) is 0. The lowest BCUT2D eigenvalue weighted by Crippen LogP contribution is -2.39. The molecule has 1 heterocycles. The highest BCUT2D eigenvalue weighted by Gasteiger charge is 2.47. The van der Waals surface area contributed by atoms with Gasteiger partial charge in [0.1, 0.15) is 5.75 Å². The van der Waals surface area contributed by atoms with E-state index in [-0.39, 0.29) is 5.92 Å². The number of ether oxygens (including phenoxy) is 1. The number of hydrogen-bond acceptors (Lipinski definition) is 2. The highest BCUT2D eigenvalue weighted by atomic mass is 16.5. The zero-order chi connectivity index (χ0) is 15.0. The van der Waals surface area contributed by atoms with E-state index in [1.165, 1.54) is 12.0 Å². The maximum atomic E-state index is 12.7. The molecular formula is C18H25NO2. The Bertz CT molecular complexity index is 508. The van der Waals surface area contributed by atoms with E-state index in [0.29, 0.717) is 23.8 Å². The molecule has 1 amide bonds. The van der Waals surface area contributed by atoms with Gasteiger partial charge in [0.15, 0.2) is 0 Å². The largest absolute Gasteiger partial charge is 0.497 e. The van der Waals surface area contributed by atoms with Crippen molar-refractivity contribution in [3.05, 3.63) is 29.8 Å². The van der Waals surface area contributed by atoms with Crippen LogP contribution in [0.5, 0.6) is 5.75 Å². The second-order valence-corrected chi connectivity index (χ2v) is 6.71. The average Bonchev–Trinajstić information content (AvgIpc) is 3.13. The van der Waals surface area contributed by atoms with Gasteiger partial charge in [-0.05, 0) is 48.8 Å². The Morgan fingerprint density at radius 3 is 2.62 bits per heavy atom. The molecule has 0 bridgehead atoms. The van der Waals surface area contributed by atoms with Gasteiger partial charge in [0.05, 0.1) is 7.11 Å². The van der Waals surface area contributed by atoms with Crippen molar-refractivity contribution >= 4 is 5.91 Å². The van der Waals surface area contributed by atoms with Crippen molar-refractivity contribution in [3.8, 4) is 5.75 Å². The molecule has 0 spiro atoms. The predicted molar refractivity (Wildman–Crippen MR) is 83.4 cm³/mol. The lowest BCUT2D eigenvalue weighted by atomic mass is 10.0. The van der Waals surface area contributed by atoms with E-state index >= 15 is 0 Å².